The Morgan fingerprint density at radius 3 is 2.39 bits per heavy atom. The van der Waals surface area contributed by atoms with Crippen LogP contribution in [0.2, 0.25) is 0 Å². The van der Waals surface area contributed by atoms with Crippen LogP contribution in [-0.4, -0.2) is 16.5 Å². The molecule has 3 N–H and O–H groups in total. The summed E-state index contributed by atoms with van der Waals surface area (Å²) in [6.45, 7) is 3.31. The molecule has 6 heteroatoms. The molecular formula is C12H16F3NOS. The zero-order chi connectivity index (χ0) is 13.9. The molecule has 0 aliphatic heterocycles. The van der Waals surface area contributed by atoms with E-state index in [4.69, 9.17) is 5.73 Å². The minimum atomic E-state index is -4.41. The summed E-state index contributed by atoms with van der Waals surface area (Å²) in [6.07, 6.45) is -5.09. The molecule has 0 saturated heterocycles. The molecular weight excluding hydrogens is 263 g/mol. The van der Waals surface area contributed by atoms with Gasteiger partial charge in [-0.2, -0.15) is 13.2 Å². The van der Waals surface area contributed by atoms with Gasteiger partial charge in [-0.05, 0) is 24.6 Å². The van der Waals surface area contributed by atoms with E-state index in [2.05, 4.69) is 0 Å². The summed E-state index contributed by atoms with van der Waals surface area (Å²) in [6, 6.07) is 4.05. The number of benzene rings is 1. The van der Waals surface area contributed by atoms with Crippen molar-refractivity contribution in [3.8, 4) is 0 Å². The minimum Gasteiger partial charge on any atom is -0.392 e. The molecule has 1 aromatic carbocycles. The molecule has 2 nitrogen and oxygen atoms in total. The molecule has 1 rings (SSSR count). The predicted octanol–water partition coefficient (Wildman–Crippen LogP) is 3.03. The highest BCUT2D eigenvalue weighted by Gasteiger charge is 2.34. The van der Waals surface area contributed by atoms with Gasteiger partial charge in [0.2, 0.25) is 0 Å². The lowest BCUT2D eigenvalue weighted by Gasteiger charge is -2.18. The van der Waals surface area contributed by atoms with E-state index in [1.54, 1.807) is 19.9 Å². The van der Waals surface area contributed by atoms with Gasteiger partial charge in [0.25, 0.3) is 0 Å². The van der Waals surface area contributed by atoms with Crippen LogP contribution in [0.5, 0.6) is 0 Å². The van der Waals surface area contributed by atoms with Crippen LogP contribution in [0, 0.1) is 0 Å². The average molecular weight is 279 g/mol. The number of aliphatic hydroxyl groups is 1. The molecule has 0 amide bonds. The van der Waals surface area contributed by atoms with E-state index in [0.717, 1.165) is 17.8 Å². The number of hydrogen-bond donors (Lipinski definition) is 2. The normalized spacial score (nSPS) is 15.5. The lowest BCUT2D eigenvalue weighted by atomic mass is 10.1. The first-order valence-corrected chi connectivity index (χ1v) is 6.38. The summed E-state index contributed by atoms with van der Waals surface area (Å²) in [5.74, 6) is 0. The summed E-state index contributed by atoms with van der Waals surface area (Å²) in [4.78, 5) is 0.119. The van der Waals surface area contributed by atoms with Crippen LogP contribution in [0.4, 0.5) is 13.2 Å². The lowest BCUT2D eigenvalue weighted by Crippen LogP contribution is -2.16. The summed E-state index contributed by atoms with van der Waals surface area (Å²) in [5, 5.41) is 9.04. The maximum atomic E-state index is 12.9. The molecule has 0 aliphatic carbocycles. The van der Waals surface area contributed by atoms with Crippen molar-refractivity contribution >= 4 is 11.8 Å². The third-order valence-electron chi connectivity index (χ3n) is 2.58. The first-order valence-electron chi connectivity index (χ1n) is 5.50. The monoisotopic (exact) mass is 279 g/mol. The van der Waals surface area contributed by atoms with Gasteiger partial charge in [-0.1, -0.05) is 13.0 Å². The van der Waals surface area contributed by atoms with Gasteiger partial charge in [0.15, 0.2) is 0 Å². The maximum Gasteiger partial charge on any atom is 0.417 e. The van der Waals surface area contributed by atoms with Gasteiger partial charge in [0.1, 0.15) is 0 Å². The Hall–Kier alpha value is -0.720. The van der Waals surface area contributed by atoms with Crippen LogP contribution in [0.25, 0.3) is 0 Å². The largest absolute Gasteiger partial charge is 0.417 e. The zero-order valence-corrected chi connectivity index (χ0v) is 11.0. The molecule has 0 aromatic heterocycles. The Morgan fingerprint density at radius 1 is 1.33 bits per heavy atom. The predicted molar refractivity (Wildman–Crippen MR) is 66.3 cm³/mol. The van der Waals surface area contributed by atoms with Gasteiger partial charge in [-0.25, -0.2) is 0 Å². The van der Waals surface area contributed by atoms with Gasteiger partial charge in [-0.3, -0.25) is 0 Å². The van der Waals surface area contributed by atoms with Crippen LogP contribution in [0.3, 0.4) is 0 Å². The minimum absolute atomic E-state index is 0.0694. The first-order chi connectivity index (χ1) is 8.25. The number of rotatable bonds is 4. The molecule has 0 spiro atoms. The Kier molecular flexibility index (Phi) is 5.07. The first kappa shape index (κ1) is 15.3. The molecule has 102 valence electrons. The van der Waals surface area contributed by atoms with Crippen LogP contribution < -0.4 is 5.73 Å². The zero-order valence-electron chi connectivity index (χ0n) is 10.2. The van der Waals surface area contributed by atoms with Crippen molar-refractivity contribution in [2.45, 2.75) is 42.8 Å². The molecule has 2 atom stereocenters. The van der Waals surface area contributed by atoms with Gasteiger partial charge in [-0.15, -0.1) is 11.8 Å². The fourth-order valence-corrected chi connectivity index (χ4v) is 2.37. The molecule has 0 fully saturated rings. The molecule has 0 saturated carbocycles. The van der Waals surface area contributed by atoms with Gasteiger partial charge in [0.05, 0.1) is 11.7 Å². The SMILES string of the molecule is CC(O)C(C)Sc1ccc(CN)cc1C(F)(F)F. The van der Waals surface area contributed by atoms with Crippen molar-refractivity contribution in [2.75, 3.05) is 0 Å². The molecule has 0 aliphatic rings. The van der Waals surface area contributed by atoms with Crippen LogP contribution in [-0.2, 0) is 12.7 Å². The number of aliphatic hydroxyl groups excluding tert-OH is 1. The van der Waals surface area contributed by atoms with Crippen molar-refractivity contribution in [2.24, 2.45) is 5.73 Å². The molecule has 2 unspecified atom stereocenters. The Morgan fingerprint density at radius 2 is 1.94 bits per heavy atom. The Bertz CT molecular complexity index is 407. The standard InChI is InChI=1S/C12H16F3NOS/c1-7(17)8(2)18-11-4-3-9(6-16)5-10(11)12(13,14)15/h3-5,7-8,17H,6,16H2,1-2H3. The average Bonchev–Trinajstić information content (AvgIpc) is 2.27. The van der Waals surface area contributed by atoms with Gasteiger partial charge in [0, 0.05) is 16.7 Å². The third kappa shape index (κ3) is 3.90. The molecule has 18 heavy (non-hydrogen) atoms. The summed E-state index contributed by atoms with van der Waals surface area (Å²) in [7, 11) is 0. The topological polar surface area (TPSA) is 46.2 Å². The molecule has 0 radical (unpaired) electrons. The van der Waals surface area contributed by atoms with Gasteiger partial charge < -0.3 is 10.8 Å². The van der Waals surface area contributed by atoms with Crippen molar-refractivity contribution in [3.63, 3.8) is 0 Å². The number of hydrogen-bond acceptors (Lipinski definition) is 3. The highest BCUT2D eigenvalue weighted by atomic mass is 32.2. The van der Waals surface area contributed by atoms with Crippen molar-refractivity contribution in [1.82, 2.24) is 0 Å². The smallest absolute Gasteiger partial charge is 0.392 e. The van der Waals surface area contributed by atoms with Crippen molar-refractivity contribution in [3.05, 3.63) is 29.3 Å². The van der Waals surface area contributed by atoms with E-state index < -0.39 is 17.8 Å². The van der Waals surface area contributed by atoms with Crippen LogP contribution >= 0.6 is 11.8 Å². The van der Waals surface area contributed by atoms with E-state index in [0.29, 0.717) is 5.56 Å². The summed E-state index contributed by atoms with van der Waals surface area (Å²) >= 11 is 1.01. The van der Waals surface area contributed by atoms with E-state index in [1.807, 2.05) is 0 Å². The maximum absolute atomic E-state index is 12.9. The molecule has 1 aromatic rings. The second-order valence-corrected chi connectivity index (χ2v) is 5.52. The lowest BCUT2D eigenvalue weighted by molar-refractivity contribution is -0.139. The molecule has 0 heterocycles. The molecule has 0 bridgehead atoms. The number of thioether (sulfide) groups is 1. The van der Waals surface area contributed by atoms with E-state index >= 15 is 0 Å². The van der Waals surface area contributed by atoms with E-state index in [9.17, 15) is 18.3 Å². The number of halogens is 3. The second-order valence-electron chi connectivity index (χ2n) is 4.10. The summed E-state index contributed by atoms with van der Waals surface area (Å²) in [5.41, 5.74) is 5.10. The van der Waals surface area contributed by atoms with E-state index in [1.165, 1.54) is 6.07 Å². The summed E-state index contributed by atoms with van der Waals surface area (Å²) < 4.78 is 38.7. The van der Waals surface area contributed by atoms with Gasteiger partial charge >= 0.3 is 6.18 Å². The number of nitrogens with two attached hydrogens (primary N) is 1. The van der Waals surface area contributed by atoms with Crippen molar-refractivity contribution < 1.29 is 18.3 Å². The third-order valence-corrected chi connectivity index (χ3v) is 3.95. The number of alkyl halides is 3. The Labute approximate surface area is 108 Å². The fourth-order valence-electron chi connectivity index (χ4n) is 1.33. The highest BCUT2D eigenvalue weighted by Crippen LogP contribution is 2.39. The van der Waals surface area contributed by atoms with Crippen LogP contribution in [0.15, 0.2) is 23.1 Å². The quantitative estimate of drug-likeness (QED) is 0.833. The second kappa shape index (κ2) is 5.95. The highest BCUT2D eigenvalue weighted by molar-refractivity contribution is 8.00. The van der Waals surface area contributed by atoms with Crippen LogP contribution in [0.1, 0.15) is 25.0 Å². The fraction of sp³-hybridized carbons (Fsp3) is 0.500. The Balaban J connectivity index is 3.11. The van der Waals surface area contributed by atoms with Crippen molar-refractivity contribution in [1.29, 1.82) is 0 Å². The van der Waals surface area contributed by atoms with E-state index in [-0.39, 0.29) is 16.7 Å².